The number of hydrogen-bond acceptors (Lipinski definition) is 5. The molecule has 7 heteroatoms. The zero-order chi connectivity index (χ0) is 30.5. The molecule has 1 amide bonds. The van der Waals surface area contributed by atoms with Crippen molar-refractivity contribution in [3.63, 3.8) is 0 Å². The fraction of sp³-hybridized carbons (Fsp3) is 0.914. The van der Waals surface area contributed by atoms with Gasteiger partial charge in [-0.15, -0.1) is 0 Å². The molecule has 0 saturated heterocycles. The van der Waals surface area contributed by atoms with E-state index >= 15 is 0 Å². The van der Waals surface area contributed by atoms with Crippen molar-refractivity contribution in [3.8, 4) is 0 Å². The molecule has 3 saturated carbocycles. The number of carbonyl (C=O) groups is 1. The van der Waals surface area contributed by atoms with Gasteiger partial charge in [-0.1, -0.05) is 78.4 Å². The number of unbranched alkanes of at least 4 members (excludes halogenated alkanes) is 3. The molecule has 0 aliphatic heterocycles. The predicted octanol–water partition coefficient (Wildman–Crippen LogP) is 8.66. The normalized spacial score (nSPS) is 35.1. The Morgan fingerprint density at radius 3 is 2.48 bits per heavy atom. The van der Waals surface area contributed by atoms with Crippen LogP contribution in [0, 0.1) is 46.3 Å². The van der Waals surface area contributed by atoms with Gasteiger partial charge in [-0.2, -0.15) is 8.42 Å². The first-order valence-electron chi connectivity index (χ1n) is 17.3. The van der Waals surface area contributed by atoms with E-state index in [4.69, 9.17) is 8.92 Å². The second kappa shape index (κ2) is 14.3. The molecular formula is C35H61NO5S. The van der Waals surface area contributed by atoms with E-state index in [1.807, 2.05) is 0 Å². The Morgan fingerprint density at radius 1 is 0.976 bits per heavy atom. The molecule has 42 heavy (non-hydrogen) atoms. The molecule has 0 radical (unpaired) electrons. The monoisotopic (exact) mass is 607 g/mol. The number of alkyl carbamates (subject to hydrolysis) is 1. The lowest BCUT2D eigenvalue weighted by Crippen LogP contribution is -2.51. The predicted molar refractivity (Wildman–Crippen MR) is 171 cm³/mol. The molecule has 0 heterocycles. The van der Waals surface area contributed by atoms with Gasteiger partial charge in [0.2, 0.25) is 0 Å². The second-order valence-corrected chi connectivity index (χ2v) is 17.1. The lowest BCUT2D eigenvalue weighted by atomic mass is 9.47. The number of rotatable bonds is 14. The minimum absolute atomic E-state index is 0.0228. The standard InChI is InChI=1S/C35H61NO5S/c1-25(2)12-11-13-26(3)30-16-17-31-29-15-14-27-24-28(18-20-34(27,4)32(29)19-21-35(30,31)5)41-33(37)36-22-9-7-8-10-23-40-42(6,38)39/h14,25-26,28-32H,7-13,15-24H2,1-6H3,(H,36,37)/t26-,28?,29?,30-,31?,32?,34+,35-/m1/s1. The SMILES string of the molecule is CC(C)CCC[C@@H](C)[C@H]1CCC2C3CC=C4CC(OC(=O)NCCCCCCOS(C)(=O)=O)CC[C@]4(C)C3CC[C@@]21C. The van der Waals surface area contributed by atoms with Gasteiger partial charge in [-0.25, -0.2) is 4.79 Å². The van der Waals surface area contributed by atoms with Crippen molar-refractivity contribution in [1.82, 2.24) is 5.32 Å². The van der Waals surface area contributed by atoms with Crippen LogP contribution in [0.3, 0.4) is 0 Å². The fourth-order valence-electron chi connectivity index (χ4n) is 9.93. The van der Waals surface area contributed by atoms with E-state index in [-0.39, 0.29) is 24.2 Å². The lowest BCUT2D eigenvalue weighted by molar-refractivity contribution is -0.0581. The van der Waals surface area contributed by atoms with Gasteiger partial charge < -0.3 is 10.1 Å². The summed E-state index contributed by atoms with van der Waals surface area (Å²) < 4.78 is 32.7. The number of nitrogens with one attached hydrogen (secondary N) is 1. The Kier molecular flexibility index (Phi) is 11.5. The van der Waals surface area contributed by atoms with Crippen LogP contribution in [0.15, 0.2) is 11.6 Å². The average Bonchev–Trinajstić information content (AvgIpc) is 3.27. The molecular weight excluding hydrogens is 546 g/mol. The molecule has 0 aromatic carbocycles. The quantitative estimate of drug-likeness (QED) is 0.121. The number of fused-ring (bicyclic) bond motifs is 5. The minimum atomic E-state index is -3.36. The number of allylic oxidation sites excluding steroid dienone is 1. The third-order valence-electron chi connectivity index (χ3n) is 12.2. The van der Waals surface area contributed by atoms with Gasteiger partial charge >= 0.3 is 6.09 Å². The van der Waals surface area contributed by atoms with Crippen LogP contribution in [0.5, 0.6) is 0 Å². The third-order valence-corrected chi connectivity index (χ3v) is 12.8. The first kappa shape index (κ1) is 33.8. The summed E-state index contributed by atoms with van der Waals surface area (Å²) in [5, 5.41) is 2.92. The molecule has 0 bridgehead atoms. The van der Waals surface area contributed by atoms with Crippen molar-refractivity contribution in [2.24, 2.45) is 46.3 Å². The Balaban J connectivity index is 1.23. The summed E-state index contributed by atoms with van der Waals surface area (Å²) in [5.74, 6) is 5.03. The highest BCUT2D eigenvalue weighted by molar-refractivity contribution is 7.85. The summed E-state index contributed by atoms with van der Waals surface area (Å²) in [4.78, 5) is 12.5. The molecule has 3 fully saturated rings. The van der Waals surface area contributed by atoms with Crippen molar-refractivity contribution in [1.29, 1.82) is 0 Å². The Bertz CT molecular complexity index is 1040. The molecule has 1 N–H and O–H groups in total. The van der Waals surface area contributed by atoms with E-state index in [0.717, 1.165) is 80.3 Å². The number of amides is 1. The van der Waals surface area contributed by atoms with E-state index in [0.29, 0.717) is 18.4 Å². The maximum absolute atomic E-state index is 12.5. The molecule has 4 unspecified atom stereocenters. The molecule has 4 rings (SSSR count). The topological polar surface area (TPSA) is 81.7 Å². The highest BCUT2D eigenvalue weighted by Gasteiger charge is 2.59. The Labute approximate surface area is 257 Å². The van der Waals surface area contributed by atoms with E-state index < -0.39 is 10.1 Å². The van der Waals surface area contributed by atoms with Gasteiger partial charge in [0.25, 0.3) is 10.1 Å². The molecule has 4 aliphatic rings. The van der Waals surface area contributed by atoms with Gasteiger partial charge in [0.15, 0.2) is 0 Å². The van der Waals surface area contributed by atoms with E-state index in [1.54, 1.807) is 5.57 Å². The summed E-state index contributed by atoms with van der Waals surface area (Å²) >= 11 is 0. The molecule has 8 atom stereocenters. The first-order chi connectivity index (χ1) is 19.8. The highest BCUT2D eigenvalue weighted by atomic mass is 32.2. The van der Waals surface area contributed by atoms with Crippen LogP contribution in [-0.2, 0) is 19.0 Å². The van der Waals surface area contributed by atoms with Crippen LogP contribution in [0.4, 0.5) is 4.79 Å². The Morgan fingerprint density at radius 2 is 1.74 bits per heavy atom. The first-order valence-corrected chi connectivity index (χ1v) is 19.1. The minimum Gasteiger partial charge on any atom is -0.446 e. The summed E-state index contributed by atoms with van der Waals surface area (Å²) in [6.07, 6.45) is 20.7. The van der Waals surface area contributed by atoms with Gasteiger partial charge in [-0.3, -0.25) is 4.18 Å². The van der Waals surface area contributed by atoms with Crippen LogP contribution >= 0.6 is 0 Å². The van der Waals surface area contributed by atoms with Gasteiger partial charge in [0.1, 0.15) is 6.10 Å². The van der Waals surface area contributed by atoms with Crippen LogP contribution in [-0.4, -0.2) is 40.0 Å². The van der Waals surface area contributed by atoms with Crippen molar-refractivity contribution >= 4 is 16.2 Å². The molecule has 0 spiro atoms. The van der Waals surface area contributed by atoms with Crippen molar-refractivity contribution in [3.05, 3.63) is 11.6 Å². The summed E-state index contributed by atoms with van der Waals surface area (Å²) in [5.41, 5.74) is 2.34. The third kappa shape index (κ3) is 8.14. The smallest absolute Gasteiger partial charge is 0.407 e. The van der Waals surface area contributed by atoms with Crippen molar-refractivity contribution in [2.45, 2.75) is 137 Å². The van der Waals surface area contributed by atoms with Crippen LogP contribution in [0.25, 0.3) is 0 Å². The van der Waals surface area contributed by atoms with Crippen LogP contribution in [0.1, 0.15) is 131 Å². The Hall–Kier alpha value is -1.08. The van der Waals surface area contributed by atoms with Crippen LogP contribution < -0.4 is 5.32 Å². The van der Waals surface area contributed by atoms with E-state index in [1.165, 1.54) is 51.4 Å². The molecule has 242 valence electrons. The van der Waals surface area contributed by atoms with Crippen molar-refractivity contribution in [2.75, 3.05) is 19.4 Å². The molecule has 6 nitrogen and oxygen atoms in total. The average molecular weight is 608 g/mol. The zero-order valence-corrected chi connectivity index (χ0v) is 28.4. The lowest BCUT2D eigenvalue weighted by Gasteiger charge is -2.58. The van der Waals surface area contributed by atoms with Gasteiger partial charge in [-0.05, 0) is 104 Å². The molecule has 0 aromatic rings. The number of carbonyl (C=O) groups excluding carboxylic acids is 1. The highest BCUT2D eigenvalue weighted by Crippen LogP contribution is 2.67. The zero-order valence-electron chi connectivity index (χ0n) is 27.6. The summed E-state index contributed by atoms with van der Waals surface area (Å²) in [6.45, 7) is 13.3. The maximum Gasteiger partial charge on any atom is 0.407 e. The largest absolute Gasteiger partial charge is 0.446 e. The number of hydrogen-bond donors (Lipinski definition) is 1. The van der Waals surface area contributed by atoms with E-state index in [2.05, 4.69) is 46.0 Å². The van der Waals surface area contributed by atoms with Crippen LogP contribution in [0.2, 0.25) is 0 Å². The maximum atomic E-state index is 12.5. The van der Waals surface area contributed by atoms with Gasteiger partial charge in [0, 0.05) is 13.0 Å². The molecule has 4 aliphatic carbocycles. The van der Waals surface area contributed by atoms with E-state index in [9.17, 15) is 13.2 Å². The second-order valence-electron chi connectivity index (χ2n) is 15.4. The summed E-state index contributed by atoms with van der Waals surface area (Å²) in [7, 11) is -3.36. The number of ether oxygens (including phenoxy) is 1. The molecule has 0 aromatic heterocycles. The van der Waals surface area contributed by atoms with Crippen molar-refractivity contribution < 1.29 is 22.1 Å². The van der Waals surface area contributed by atoms with Gasteiger partial charge in [0.05, 0.1) is 12.9 Å². The fourth-order valence-corrected chi connectivity index (χ4v) is 10.3. The summed E-state index contributed by atoms with van der Waals surface area (Å²) in [6, 6.07) is 0.